The lowest BCUT2D eigenvalue weighted by molar-refractivity contribution is -0.660. The largest absolute Gasteiger partial charge is 0.455 e. The van der Waals surface area contributed by atoms with E-state index in [4.69, 9.17) is 26.3 Å². The van der Waals surface area contributed by atoms with Gasteiger partial charge in [-0.2, -0.15) is 0 Å². The molecular weight excluding hydrogens is 414 g/mol. The smallest absolute Gasteiger partial charge is 0.216 e. The Hall–Kier alpha value is -3.39. The number of fused-ring (bicyclic) bond motifs is 6. The molecule has 0 atom stereocenters. The van der Waals surface area contributed by atoms with Gasteiger partial charge in [0.1, 0.15) is 18.2 Å². The minimum absolute atomic E-state index is 0.0488. The second-order valence-electron chi connectivity index (χ2n) is 8.90. The van der Waals surface area contributed by atoms with Crippen LogP contribution in [-0.4, -0.2) is 0 Å². The molecule has 2 aromatic heterocycles. The Kier molecular flexibility index (Phi) is 2.09. The van der Waals surface area contributed by atoms with Crippen LogP contribution >= 0.6 is 0 Å². The van der Waals surface area contributed by atoms with E-state index in [0.717, 1.165) is 12.3 Å². The molecule has 2 heterocycles. The van der Waals surface area contributed by atoms with Gasteiger partial charge in [-0.3, -0.25) is 0 Å². The summed E-state index contributed by atoms with van der Waals surface area (Å²) in [7, 11) is 1.50. The number of nitrogens with zero attached hydrogens (tertiary/aromatic N) is 1. The van der Waals surface area contributed by atoms with Crippen LogP contribution < -0.4 is 4.57 Å². The Labute approximate surface area is 224 Å². The molecule has 0 spiro atoms. The van der Waals surface area contributed by atoms with E-state index >= 15 is 0 Å². The number of hydrogen-bond donors (Lipinski definition) is 0. The van der Waals surface area contributed by atoms with Gasteiger partial charge in [0.15, 0.2) is 6.20 Å². The molecule has 2 heteroatoms. The molecule has 2 nitrogen and oxygen atoms in total. The summed E-state index contributed by atoms with van der Waals surface area (Å²) >= 11 is 0. The van der Waals surface area contributed by atoms with Crippen LogP contribution in [0.3, 0.4) is 0 Å². The van der Waals surface area contributed by atoms with Crippen LogP contribution in [0.15, 0.2) is 65.2 Å². The van der Waals surface area contributed by atoms with Gasteiger partial charge in [-0.1, -0.05) is 63.8 Å². The zero-order valence-electron chi connectivity index (χ0n) is 34.6. The van der Waals surface area contributed by atoms with E-state index in [0.29, 0.717) is 33.0 Å². The molecule has 0 saturated carbocycles. The number of aromatic nitrogens is 1. The Morgan fingerprint density at radius 3 is 2.59 bits per heavy atom. The predicted octanol–water partition coefficient (Wildman–Crippen LogP) is 8.12. The lowest BCUT2D eigenvalue weighted by Gasteiger charge is -2.21. The van der Waals surface area contributed by atoms with Crippen LogP contribution in [0.25, 0.3) is 44.3 Å². The van der Waals surface area contributed by atoms with E-state index in [1.165, 1.54) is 23.7 Å². The highest BCUT2D eigenvalue weighted by Crippen LogP contribution is 2.51. The van der Waals surface area contributed by atoms with E-state index in [9.17, 15) is 0 Å². The van der Waals surface area contributed by atoms with Crippen molar-refractivity contribution in [2.45, 2.75) is 52.5 Å². The molecule has 0 saturated heterocycles. The summed E-state index contributed by atoms with van der Waals surface area (Å²) in [5.41, 5.74) is -1.20. The van der Waals surface area contributed by atoms with Crippen LogP contribution in [0.1, 0.15) is 83.1 Å². The SMILES string of the molecule is [2H]C([2H])([2H])c1c[n+](C)c(-c2c(C)ccc3c2oc2cc4c(cc23)-c2ccccc2C4(C([2H])([2H])[2H])C([2H])([2H])[2H])cc1C([2H])(C([2H])([2H])[2H])C([2H])([2H])[2H]. The third kappa shape index (κ3) is 2.78. The standard InChI is InChI=1S/C32H32NO/c1-18(2)23-15-28(33(7)17-20(23)4)30-19(3)12-13-22-25-14-24-21-10-8-9-11-26(21)32(5,6)27(24)16-29(25)34-31(22)30/h8-18H,1-7H3/q+1/i1D3,2D3,4D3,5D3,6D3,18D. The summed E-state index contributed by atoms with van der Waals surface area (Å²) in [6, 6.07) is 14.2. The first-order valence-corrected chi connectivity index (χ1v) is 10.8. The molecule has 1 aliphatic carbocycles. The summed E-state index contributed by atoms with van der Waals surface area (Å²) in [5.74, 6) is -3.33. The summed E-state index contributed by atoms with van der Waals surface area (Å²) in [6.07, 6.45) is 1.10. The highest BCUT2D eigenvalue weighted by molar-refractivity contribution is 6.11. The van der Waals surface area contributed by atoms with Crippen molar-refractivity contribution < 1.29 is 30.9 Å². The van der Waals surface area contributed by atoms with Crippen LogP contribution in [0.2, 0.25) is 0 Å². The summed E-state index contributed by atoms with van der Waals surface area (Å²) in [5, 5.41) is 1.04. The van der Waals surface area contributed by atoms with Gasteiger partial charge >= 0.3 is 0 Å². The number of benzene rings is 3. The molecule has 0 unspecified atom stereocenters. The van der Waals surface area contributed by atoms with Crippen LogP contribution in [0, 0.1) is 13.8 Å². The highest BCUT2D eigenvalue weighted by atomic mass is 16.3. The van der Waals surface area contributed by atoms with Crippen molar-refractivity contribution in [3.05, 3.63) is 88.6 Å². The molecule has 0 fully saturated rings. The van der Waals surface area contributed by atoms with Gasteiger partial charge in [-0.05, 0) is 65.2 Å². The fourth-order valence-electron chi connectivity index (χ4n) is 5.13. The van der Waals surface area contributed by atoms with Crippen molar-refractivity contribution in [2.75, 3.05) is 0 Å². The van der Waals surface area contributed by atoms with Gasteiger partial charge in [0.2, 0.25) is 5.69 Å². The van der Waals surface area contributed by atoms with Crippen molar-refractivity contribution >= 4 is 21.9 Å². The van der Waals surface area contributed by atoms with E-state index in [1.54, 1.807) is 43.3 Å². The fourth-order valence-corrected chi connectivity index (χ4v) is 5.13. The zero-order chi connectivity index (χ0) is 37.4. The van der Waals surface area contributed by atoms with Crippen LogP contribution in [-0.2, 0) is 12.5 Å². The average molecular weight is 463 g/mol. The maximum atomic E-state index is 8.89. The fraction of sp³-hybridized carbons (Fsp3) is 0.281. The number of aryl methyl sites for hydroxylation is 3. The maximum Gasteiger partial charge on any atom is 0.216 e. The molecular formula is C32H32NO+. The van der Waals surface area contributed by atoms with Gasteiger partial charge in [0.05, 0.1) is 5.56 Å². The van der Waals surface area contributed by atoms with Crippen molar-refractivity contribution in [3.8, 4) is 22.4 Å². The van der Waals surface area contributed by atoms with Crippen molar-refractivity contribution in [1.82, 2.24) is 0 Å². The number of pyridine rings is 1. The molecule has 0 amide bonds. The van der Waals surface area contributed by atoms with Crippen LogP contribution in [0.4, 0.5) is 0 Å². The van der Waals surface area contributed by atoms with Gasteiger partial charge in [-0.15, -0.1) is 0 Å². The third-order valence-electron chi connectivity index (χ3n) is 6.81. The zero-order valence-corrected chi connectivity index (χ0v) is 18.6. The van der Waals surface area contributed by atoms with Gasteiger partial charge in [0.25, 0.3) is 0 Å². The molecule has 170 valence electrons. The highest BCUT2D eigenvalue weighted by Gasteiger charge is 2.36. The average Bonchev–Trinajstić information content (AvgIpc) is 3.46. The number of hydrogen-bond acceptors (Lipinski definition) is 1. The molecule has 0 bridgehead atoms. The molecule has 0 radical (unpaired) electrons. The Balaban J connectivity index is 1.73. The molecule has 0 aliphatic heterocycles. The molecule has 34 heavy (non-hydrogen) atoms. The number of furan rings is 1. The monoisotopic (exact) mass is 462 g/mol. The molecule has 5 aromatic rings. The van der Waals surface area contributed by atoms with Crippen molar-refractivity contribution in [1.29, 1.82) is 0 Å². The molecule has 1 aliphatic rings. The summed E-state index contributed by atoms with van der Waals surface area (Å²) in [6.45, 7) is -14.2. The molecule has 6 rings (SSSR count). The van der Waals surface area contributed by atoms with E-state index in [1.807, 2.05) is 0 Å². The first kappa shape index (κ1) is 10.1. The van der Waals surface area contributed by atoms with E-state index < -0.39 is 56.7 Å². The Bertz CT molecular complexity index is 2170. The second kappa shape index (κ2) is 7.06. The molecule has 0 N–H and O–H groups in total. The minimum Gasteiger partial charge on any atom is -0.455 e. The summed E-state index contributed by atoms with van der Waals surface area (Å²) in [4.78, 5) is 0. The number of rotatable bonds is 2. The summed E-state index contributed by atoms with van der Waals surface area (Å²) < 4.78 is 141. The first-order valence-electron chi connectivity index (χ1n) is 18.8. The topological polar surface area (TPSA) is 17.0 Å². The van der Waals surface area contributed by atoms with Crippen molar-refractivity contribution in [3.63, 3.8) is 0 Å². The van der Waals surface area contributed by atoms with Gasteiger partial charge in [-0.25, -0.2) is 4.57 Å². The van der Waals surface area contributed by atoms with Gasteiger partial charge in [0, 0.05) is 49.7 Å². The quantitative estimate of drug-likeness (QED) is 0.242. The van der Waals surface area contributed by atoms with Crippen LogP contribution in [0.5, 0.6) is 0 Å². The lowest BCUT2D eigenvalue weighted by atomic mass is 9.82. The van der Waals surface area contributed by atoms with E-state index in [-0.39, 0.29) is 28.0 Å². The Morgan fingerprint density at radius 2 is 1.79 bits per heavy atom. The minimum atomic E-state index is -3.47. The normalized spacial score (nSPS) is 23.4. The first-order chi connectivity index (χ1) is 22.7. The van der Waals surface area contributed by atoms with Crippen molar-refractivity contribution in [2.24, 2.45) is 7.05 Å². The predicted molar refractivity (Wildman–Crippen MR) is 141 cm³/mol. The van der Waals surface area contributed by atoms with Gasteiger partial charge < -0.3 is 4.42 Å². The maximum absolute atomic E-state index is 8.89. The lowest BCUT2D eigenvalue weighted by Crippen LogP contribution is -2.32. The second-order valence-corrected chi connectivity index (χ2v) is 8.90. The Morgan fingerprint density at radius 1 is 0.941 bits per heavy atom. The third-order valence-corrected chi connectivity index (χ3v) is 6.81. The van der Waals surface area contributed by atoms with E-state index in [2.05, 4.69) is 0 Å². The molecule has 3 aromatic carbocycles.